The zero-order valence-corrected chi connectivity index (χ0v) is 10.2. The van der Waals surface area contributed by atoms with Gasteiger partial charge in [0.15, 0.2) is 0 Å². The van der Waals surface area contributed by atoms with Crippen LogP contribution < -0.4 is 10.6 Å². The van der Waals surface area contributed by atoms with Crippen molar-refractivity contribution in [1.29, 1.82) is 0 Å². The van der Waals surface area contributed by atoms with Gasteiger partial charge in [0.1, 0.15) is 11.6 Å². The second kappa shape index (κ2) is 5.70. The van der Waals surface area contributed by atoms with Crippen LogP contribution in [0.25, 0.3) is 0 Å². The van der Waals surface area contributed by atoms with Crippen LogP contribution in [0.2, 0.25) is 0 Å². The van der Waals surface area contributed by atoms with Crippen molar-refractivity contribution in [3.05, 3.63) is 18.2 Å². The molecule has 0 aliphatic carbocycles. The molecule has 0 aliphatic rings. The largest absolute Gasteiger partial charge is 0.388 e. The highest BCUT2D eigenvalue weighted by Crippen LogP contribution is 2.14. The molecule has 1 aromatic rings. The fourth-order valence-corrected chi connectivity index (χ4v) is 1.58. The van der Waals surface area contributed by atoms with Crippen LogP contribution in [0.15, 0.2) is 18.2 Å². The van der Waals surface area contributed by atoms with Crippen molar-refractivity contribution in [2.24, 2.45) is 0 Å². The third-order valence-corrected chi connectivity index (χ3v) is 2.44. The van der Waals surface area contributed by atoms with Gasteiger partial charge in [-0.1, -0.05) is 19.4 Å². The lowest BCUT2D eigenvalue weighted by Crippen LogP contribution is -2.33. The van der Waals surface area contributed by atoms with E-state index in [1.807, 2.05) is 32.2 Å². The Morgan fingerprint density at radius 3 is 2.69 bits per heavy atom. The number of aliphatic hydroxyl groups is 1. The molecule has 1 unspecified atom stereocenters. The lowest BCUT2D eigenvalue weighted by atomic mass is 10.0. The highest BCUT2D eigenvalue weighted by Gasteiger charge is 2.18. The van der Waals surface area contributed by atoms with Crippen LogP contribution in [0.5, 0.6) is 0 Å². The van der Waals surface area contributed by atoms with Gasteiger partial charge >= 0.3 is 0 Å². The number of nitrogens with zero attached hydrogens (tertiary/aromatic N) is 1. The van der Waals surface area contributed by atoms with Gasteiger partial charge in [-0.3, -0.25) is 0 Å². The minimum absolute atomic E-state index is 0.515. The Balaban J connectivity index is 2.53. The Hall–Kier alpha value is -1.29. The minimum atomic E-state index is -0.675. The molecular weight excluding hydrogens is 202 g/mol. The summed E-state index contributed by atoms with van der Waals surface area (Å²) in [5.74, 6) is 1.60. The van der Waals surface area contributed by atoms with Crippen molar-refractivity contribution in [1.82, 2.24) is 4.98 Å². The van der Waals surface area contributed by atoms with Gasteiger partial charge in [0.2, 0.25) is 0 Å². The summed E-state index contributed by atoms with van der Waals surface area (Å²) in [6.45, 7) is 4.42. The van der Waals surface area contributed by atoms with Gasteiger partial charge in [-0.05, 0) is 25.5 Å². The van der Waals surface area contributed by atoms with E-state index in [9.17, 15) is 5.11 Å². The molecule has 0 aromatic carbocycles. The number of nitrogens with one attached hydrogen (secondary N) is 2. The smallest absolute Gasteiger partial charge is 0.128 e. The Labute approximate surface area is 97.1 Å². The van der Waals surface area contributed by atoms with Gasteiger partial charge in [0.05, 0.1) is 5.60 Å². The van der Waals surface area contributed by atoms with E-state index in [1.165, 1.54) is 0 Å². The van der Waals surface area contributed by atoms with Crippen molar-refractivity contribution < 1.29 is 5.11 Å². The lowest BCUT2D eigenvalue weighted by Gasteiger charge is -2.23. The molecule has 1 heterocycles. The number of anilines is 2. The summed E-state index contributed by atoms with van der Waals surface area (Å²) in [7, 11) is 1.83. The highest BCUT2D eigenvalue weighted by molar-refractivity contribution is 5.44. The molecule has 0 saturated carbocycles. The molecule has 0 amide bonds. The maximum absolute atomic E-state index is 10.00. The van der Waals surface area contributed by atoms with Crippen LogP contribution in [0.4, 0.5) is 11.6 Å². The van der Waals surface area contributed by atoms with Crippen molar-refractivity contribution in [2.45, 2.75) is 32.3 Å². The quantitative estimate of drug-likeness (QED) is 0.691. The second-order valence-corrected chi connectivity index (χ2v) is 4.26. The first-order chi connectivity index (χ1) is 7.57. The van der Waals surface area contributed by atoms with E-state index in [0.29, 0.717) is 6.54 Å². The van der Waals surface area contributed by atoms with Gasteiger partial charge in [0.25, 0.3) is 0 Å². The van der Waals surface area contributed by atoms with Gasteiger partial charge < -0.3 is 15.7 Å². The third kappa shape index (κ3) is 4.06. The van der Waals surface area contributed by atoms with Gasteiger partial charge in [0, 0.05) is 13.6 Å². The molecule has 4 heteroatoms. The SMILES string of the molecule is CCCC(C)(O)CNc1cccc(NC)n1. The fraction of sp³-hybridized carbons (Fsp3) is 0.583. The molecule has 0 fully saturated rings. The number of hydrogen-bond donors (Lipinski definition) is 3. The first kappa shape index (κ1) is 12.8. The van der Waals surface area contributed by atoms with E-state index in [0.717, 1.165) is 24.5 Å². The summed E-state index contributed by atoms with van der Waals surface area (Å²) in [6.07, 6.45) is 1.75. The fourth-order valence-electron chi connectivity index (χ4n) is 1.58. The summed E-state index contributed by atoms with van der Waals surface area (Å²) in [4.78, 5) is 4.32. The van der Waals surface area contributed by atoms with Crippen molar-refractivity contribution >= 4 is 11.6 Å². The van der Waals surface area contributed by atoms with E-state index in [1.54, 1.807) is 0 Å². The number of hydrogen-bond acceptors (Lipinski definition) is 4. The van der Waals surface area contributed by atoms with Crippen LogP contribution in [0.3, 0.4) is 0 Å². The normalized spacial score (nSPS) is 14.2. The summed E-state index contributed by atoms with van der Waals surface area (Å²) < 4.78 is 0. The van der Waals surface area contributed by atoms with E-state index in [-0.39, 0.29) is 0 Å². The highest BCUT2D eigenvalue weighted by atomic mass is 16.3. The minimum Gasteiger partial charge on any atom is -0.388 e. The molecule has 1 aromatic heterocycles. The molecule has 4 nitrogen and oxygen atoms in total. The lowest BCUT2D eigenvalue weighted by molar-refractivity contribution is 0.0636. The average molecular weight is 223 g/mol. The van der Waals surface area contributed by atoms with Crippen molar-refractivity contribution in [3.8, 4) is 0 Å². The van der Waals surface area contributed by atoms with E-state index in [4.69, 9.17) is 0 Å². The van der Waals surface area contributed by atoms with E-state index in [2.05, 4.69) is 22.5 Å². The predicted molar refractivity (Wildman–Crippen MR) is 67.8 cm³/mol. The van der Waals surface area contributed by atoms with E-state index < -0.39 is 5.60 Å². The number of aromatic nitrogens is 1. The molecule has 16 heavy (non-hydrogen) atoms. The molecule has 90 valence electrons. The molecular formula is C12H21N3O. The van der Waals surface area contributed by atoms with Gasteiger partial charge in [-0.2, -0.15) is 0 Å². The maximum Gasteiger partial charge on any atom is 0.128 e. The molecule has 3 N–H and O–H groups in total. The van der Waals surface area contributed by atoms with Gasteiger partial charge in [-0.15, -0.1) is 0 Å². The average Bonchev–Trinajstić information content (AvgIpc) is 2.27. The molecule has 1 rings (SSSR count). The summed E-state index contributed by atoms with van der Waals surface area (Å²) >= 11 is 0. The maximum atomic E-state index is 10.00. The summed E-state index contributed by atoms with van der Waals surface area (Å²) in [5, 5.41) is 16.1. The number of rotatable bonds is 6. The molecule has 0 spiro atoms. The number of pyridine rings is 1. The monoisotopic (exact) mass is 223 g/mol. The first-order valence-electron chi connectivity index (χ1n) is 5.68. The molecule has 0 bridgehead atoms. The first-order valence-corrected chi connectivity index (χ1v) is 5.68. The zero-order chi connectivity index (χ0) is 12.0. The Morgan fingerprint density at radius 1 is 1.38 bits per heavy atom. The topological polar surface area (TPSA) is 57.2 Å². The molecule has 1 atom stereocenters. The van der Waals surface area contributed by atoms with Crippen LogP contribution in [-0.4, -0.2) is 29.3 Å². The third-order valence-electron chi connectivity index (χ3n) is 2.44. The zero-order valence-electron chi connectivity index (χ0n) is 10.2. The Kier molecular flexibility index (Phi) is 4.55. The van der Waals surface area contributed by atoms with Crippen molar-refractivity contribution in [3.63, 3.8) is 0 Å². The van der Waals surface area contributed by atoms with Gasteiger partial charge in [-0.25, -0.2) is 4.98 Å². The summed E-state index contributed by atoms with van der Waals surface area (Å²) in [6, 6.07) is 5.72. The Bertz CT molecular complexity index is 326. The molecule has 0 saturated heterocycles. The van der Waals surface area contributed by atoms with E-state index >= 15 is 0 Å². The summed E-state index contributed by atoms with van der Waals surface area (Å²) in [5.41, 5.74) is -0.675. The van der Waals surface area contributed by atoms with Crippen molar-refractivity contribution in [2.75, 3.05) is 24.2 Å². The molecule has 0 aliphatic heterocycles. The predicted octanol–water partition coefficient (Wildman–Crippen LogP) is 2.09. The molecule has 0 radical (unpaired) electrons. The van der Waals surface area contributed by atoms with Crippen LogP contribution in [0.1, 0.15) is 26.7 Å². The second-order valence-electron chi connectivity index (χ2n) is 4.26. The Morgan fingerprint density at radius 2 is 2.06 bits per heavy atom. The standard InChI is InChI=1S/C12H21N3O/c1-4-8-12(2,16)9-14-11-7-5-6-10(13-3)15-11/h5-7,16H,4,8-9H2,1-3H3,(H2,13,14,15). The van der Waals surface area contributed by atoms with Crippen LogP contribution in [-0.2, 0) is 0 Å². The van der Waals surface area contributed by atoms with Crippen LogP contribution >= 0.6 is 0 Å². The van der Waals surface area contributed by atoms with Crippen LogP contribution in [0, 0.1) is 0 Å².